The lowest BCUT2D eigenvalue weighted by Crippen LogP contribution is -3.00. The second kappa shape index (κ2) is 16.2. The van der Waals surface area contributed by atoms with E-state index in [-0.39, 0.29) is 48.0 Å². The Hall–Kier alpha value is 1.38. The molecule has 6 heavy (non-hydrogen) atoms. The molecule has 0 bridgehead atoms. The van der Waals surface area contributed by atoms with Gasteiger partial charge in [0.05, 0.1) is 0 Å². The molecule has 0 aliphatic heterocycles. The summed E-state index contributed by atoms with van der Waals surface area (Å²) in [6, 6.07) is 0. The van der Waals surface area contributed by atoms with E-state index in [9.17, 15) is 0 Å². The lowest BCUT2D eigenvalue weighted by molar-refractivity contribution is -0.453. The molecule has 4 heteroatoms. The predicted octanol–water partition coefficient (Wildman–Crippen LogP) is -8.52. The van der Waals surface area contributed by atoms with E-state index in [0.29, 0.717) is 0 Å². The molecular formula is C2H10I2N2. The minimum atomic E-state index is 0. The average Bonchev–Trinajstić information content (AvgIpc) is 1.37. The quantitative estimate of drug-likeness (QED) is 0.452. The van der Waals surface area contributed by atoms with Gasteiger partial charge in [0.2, 0.25) is 0 Å². The van der Waals surface area contributed by atoms with Crippen LogP contribution >= 0.6 is 0 Å². The monoisotopic (exact) mass is 316 g/mol. The zero-order valence-corrected chi connectivity index (χ0v) is 7.90. The Bertz CT molecular complexity index is 11.5. The molecule has 0 aromatic carbocycles. The van der Waals surface area contributed by atoms with Gasteiger partial charge in [0.1, 0.15) is 13.1 Å². The number of quaternary nitrogens is 2. The van der Waals surface area contributed by atoms with Crippen molar-refractivity contribution in [2.45, 2.75) is 0 Å². The predicted molar refractivity (Wildman–Crippen MR) is 15.5 cm³/mol. The summed E-state index contributed by atoms with van der Waals surface area (Å²) in [5.74, 6) is 0. The number of halogens is 2. The van der Waals surface area contributed by atoms with Crippen LogP contribution in [0.4, 0.5) is 0 Å². The molecule has 0 aromatic rings. The summed E-state index contributed by atoms with van der Waals surface area (Å²) in [5.41, 5.74) is 7.08. The van der Waals surface area contributed by atoms with Gasteiger partial charge in [0.15, 0.2) is 0 Å². The van der Waals surface area contributed by atoms with Crippen LogP contribution in [-0.4, -0.2) is 13.1 Å². The van der Waals surface area contributed by atoms with Crippen LogP contribution in [0.25, 0.3) is 0 Å². The van der Waals surface area contributed by atoms with Crippen LogP contribution in [0.15, 0.2) is 0 Å². The summed E-state index contributed by atoms with van der Waals surface area (Å²) in [7, 11) is 0. The maximum atomic E-state index is 3.54. The highest BCUT2D eigenvalue weighted by Crippen LogP contribution is 1.12. The van der Waals surface area contributed by atoms with Crippen molar-refractivity contribution in [2.24, 2.45) is 0 Å². The van der Waals surface area contributed by atoms with Crippen molar-refractivity contribution in [3.8, 4) is 0 Å². The van der Waals surface area contributed by atoms with Crippen LogP contribution in [0.5, 0.6) is 0 Å². The maximum Gasteiger partial charge on any atom is 0.124 e. The van der Waals surface area contributed by atoms with E-state index in [0.717, 1.165) is 13.1 Å². The molecular weight excluding hydrogens is 306 g/mol. The van der Waals surface area contributed by atoms with Crippen molar-refractivity contribution >= 4 is 0 Å². The topological polar surface area (TPSA) is 55.3 Å². The largest absolute Gasteiger partial charge is 1.00 e. The van der Waals surface area contributed by atoms with Crippen molar-refractivity contribution in [1.29, 1.82) is 0 Å². The van der Waals surface area contributed by atoms with E-state index in [4.69, 9.17) is 0 Å². The van der Waals surface area contributed by atoms with Gasteiger partial charge in [-0.05, 0) is 0 Å². The third-order valence-electron chi connectivity index (χ3n) is 0.250. The fraction of sp³-hybridized carbons (Fsp3) is 1.00. The summed E-state index contributed by atoms with van der Waals surface area (Å²) >= 11 is 0. The molecule has 0 aromatic heterocycles. The summed E-state index contributed by atoms with van der Waals surface area (Å²) in [5, 5.41) is 0. The molecule has 0 spiro atoms. The van der Waals surface area contributed by atoms with Crippen molar-refractivity contribution in [3.05, 3.63) is 0 Å². The van der Waals surface area contributed by atoms with Crippen molar-refractivity contribution < 1.29 is 59.4 Å². The molecule has 0 aliphatic rings. The van der Waals surface area contributed by atoms with Crippen LogP contribution in [0.3, 0.4) is 0 Å². The first-order valence-electron chi connectivity index (χ1n) is 1.50. The van der Waals surface area contributed by atoms with Crippen molar-refractivity contribution in [3.63, 3.8) is 0 Å². The van der Waals surface area contributed by atoms with Gasteiger partial charge in [0.25, 0.3) is 0 Å². The summed E-state index contributed by atoms with van der Waals surface area (Å²) < 4.78 is 0. The van der Waals surface area contributed by atoms with Gasteiger partial charge in [-0.2, -0.15) is 0 Å². The summed E-state index contributed by atoms with van der Waals surface area (Å²) in [6.07, 6.45) is 0. The molecule has 42 valence electrons. The van der Waals surface area contributed by atoms with Gasteiger partial charge in [0, 0.05) is 0 Å². The standard InChI is InChI=1S/C2H8N2.2HI/c3-1-2-4;;/h1-4H2;2*1H. The Morgan fingerprint density at radius 2 is 1.00 bits per heavy atom. The summed E-state index contributed by atoms with van der Waals surface area (Å²) in [6.45, 7) is 1.92. The van der Waals surface area contributed by atoms with Gasteiger partial charge in [-0.3, -0.25) is 0 Å². The SMILES string of the molecule is [I-].[I-].[NH3+]CC[NH3+]. The van der Waals surface area contributed by atoms with E-state index >= 15 is 0 Å². The molecule has 0 saturated carbocycles. The minimum Gasteiger partial charge on any atom is -1.00 e. The number of hydrogen-bond donors (Lipinski definition) is 2. The van der Waals surface area contributed by atoms with Gasteiger partial charge in [-0.25, -0.2) is 0 Å². The van der Waals surface area contributed by atoms with E-state index in [1.54, 1.807) is 0 Å². The Labute approximate surface area is 72.1 Å². The Morgan fingerprint density at radius 3 is 1.00 bits per heavy atom. The van der Waals surface area contributed by atoms with Crippen LogP contribution in [0.1, 0.15) is 0 Å². The smallest absolute Gasteiger partial charge is 0.124 e. The number of rotatable bonds is 1. The first kappa shape index (κ1) is 15.7. The van der Waals surface area contributed by atoms with Crippen LogP contribution in [0, 0.1) is 0 Å². The summed E-state index contributed by atoms with van der Waals surface area (Å²) in [4.78, 5) is 0. The van der Waals surface area contributed by atoms with Crippen molar-refractivity contribution in [1.82, 2.24) is 0 Å². The van der Waals surface area contributed by atoms with Crippen LogP contribution < -0.4 is 59.4 Å². The normalized spacial score (nSPS) is 5.00. The molecule has 6 N–H and O–H groups in total. The maximum absolute atomic E-state index is 3.54. The lowest BCUT2D eigenvalue weighted by Gasteiger charge is -1.65. The van der Waals surface area contributed by atoms with Crippen molar-refractivity contribution in [2.75, 3.05) is 13.1 Å². The molecule has 0 rings (SSSR count). The highest BCUT2D eigenvalue weighted by Gasteiger charge is 1.63. The van der Waals surface area contributed by atoms with Gasteiger partial charge in [-0.1, -0.05) is 0 Å². The minimum absolute atomic E-state index is 0. The van der Waals surface area contributed by atoms with E-state index in [2.05, 4.69) is 11.5 Å². The molecule has 0 atom stereocenters. The highest BCUT2D eigenvalue weighted by atomic mass is 127. The molecule has 0 fully saturated rings. The molecule has 0 heterocycles. The zero-order valence-electron chi connectivity index (χ0n) is 3.58. The third-order valence-corrected chi connectivity index (χ3v) is 0.250. The first-order chi connectivity index (χ1) is 1.91. The molecule has 0 saturated heterocycles. The van der Waals surface area contributed by atoms with Gasteiger partial charge in [-0.15, -0.1) is 0 Å². The van der Waals surface area contributed by atoms with Crippen LogP contribution in [-0.2, 0) is 0 Å². The molecule has 0 radical (unpaired) electrons. The Kier molecular flexibility index (Phi) is 42.2. The fourth-order valence-electron chi connectivity index (χ4n) is 0. The Morgan fingerprint density at radius 1 is 0.833 bits per heavy atom. The molecule has 0 amide bonds. The molecule has 2 nitrogen and oxygen atoms in total. The van der Waals surface area contributed by atoms with Gasteiger partial charge < -0.3 is 59.4 Å². The Balaban J connectivity index is -0.0000000450. The average molecular weight is 316 g/mol. The lowest BCUT2D eigenvalue weighted by atomic mass is 10.7. The van der Waals surface area contributed by atoms with E-state index in [1.165, 1.54) is 0 Å². The zero-order chi connectivity index (χ0) is 3.41. The van der Waals surface area contributed by atoms with E-state index in [1.807, 2.05) is 0 Å². The van der Waals surface area contributed by atoms with Crippen LogP contribution in [0.2, 0.25) is 0 Å². The van der Waals surface area contributed by atoms with Gasteiger partial charge >= 0.3 is 0 Å². The number of hydrogen-bond acceptors (Lipinski definition) is 0. The fourth-order valence-corrected chi connectivity index (χ4v) is 0. The third kappa shape index (κ3) is 18.2. The molecule has 0 aliphatic carbocycles. The second-order valence-corrected chi connectivity index (χ2v) is 0.707. The molecule has 0 unspecified atom stereocenters. The highest BCUT2D eigenvalue weighted by molar-refractivity contribution is 4.00. The first-order valence-corrected chi connectivity index (χ1v) is 1.50. The van der Waals surface area contributed by atoms with E-state index < -0.39 is 0 Å². The second-order valence-electron chi connectivity index (χ2n) is 0.707.